The summed E-state index contributed by atoms with van der Waals surface area (Å²) in [7, 11) is 0. The summed E-state index contributed by atoms with van der Waals surface area (Å²) in [5.41, 5.74) is 2.39. The Bertz CT molecular complexity index is 331. The van der Waals surface area contributed by atoms with Crippen LogP contribution in [-0.2, 0) is 4.79 Å². The van der Waals surface area contributed by atoms with Crippen LogP contribution in [0.5, 0.6) is 0 Å². The molecule has 0 unspecified atom stereocenters. The van der Waals surface area contributed by atoms with Crippen LogP contribution >= 0.6 is 0 Å². The van der Waals surface area contributed by atoms with E-state index in [-0.39, 0.29) is 11.2 Å². The molecule has 0 N–H and O–H groups in total. The van der Waals surface area contributed by atoms with E-state index in [2.05, 4.69) is 34.6 Å². The van der Waals surface area contributed by atoms with Crippen molar-refractivity contribution >= 4 is 5.78 Å². The lowest BCUT2D eigenvalue weighted by atomic mass is 9.68. The molecule has 0 aromatic heterocycles. The van der Waals surface area contributed by atoms with Gasteiger partial charge in [-0.3, -0.25) is 4.79 Å². The van der Waals surface area contributed by atoms with Gasteiger partial charge in [-0.15, -0.1) is 0 Å². The van der Waals surface area contributed by atoms with Crippen molar-refractivity contribution in [2.24, 2.45) is 11.3 Å². The molecule has 1 aliphatic rings. The zero-order valence-electron chi connectivity index (χ0n) is 11.3. The lowest BCUT2D eigenvalue weighted by Crippen LogP contribution is -2.28. The van der Waals surface area contributed by atoms with Gasteiger partial charge in [0.05, 0.1) is 0 Å². The number of carbonyl (C=O) groups excluding carboxylic acids is 1. The smallest absolute Gasteiger partial charge is 0.181 e. The molecule has 0 aliphatic heterocycles. The lowest BCUT2D eigenvalue weighted by Gasteiger charge is -2.36. The molecule has 1 heteroatoms. The normalized spacial score (nSPS) is 25.2. The van der Waals surface area contributed by atoms with Crippen LogP contribution in [0.15, 0.2) is 23.3 Å². The molecule has 0 heterocycles. The zero-order chi connectivity index (χ0) is 12.3. The van der Waals surface area contributed by atoms with Gasteiger partial charge in [-0.05, 0) is 43.6 Å². The van der Waals surface area contributed by atoms with Crippen LogP contribution in [0.3, 0.4) is 0 Å². The number of ketones is 1. The van der Waals surface area contributed by atoms with E-state index in [0.29, 0.717) is 5.92 Å². The van der Waals surface area contributed by atoms with Crippen LogP contribution in [0.1, 0.15) is 53.9 Å². The van der Waals surface area contributed by atoms with E-state index in [0.717, 1.165) is 18.4 Å². The Morgan fingerprint density at radius 3 is 2.69 bits per heavy atom. The molecular weight excluding hydrogens is 196 g/mol. The predicted octanol–water partition coefficient (Wildman–Crippen LogP) is 4.29. The Labute approximate surface area is 99.6 Å². The number of hydrogen-bond acceptors (Lipinski definition) is 1. The molecule has 1 nitrogen and oxygen atoms in total. The van der Waals surface area contributed by atoms with Crippen molar-refractivity contribution in [1.82, 2.24) is 0 Å². The van der Waals surface area contributed by atoms with Gasteiger partial charge in [-0.1, -0.05) is 39.3 Å². The third kappa shape index (κ3) is 2.63. The second-order valence-corrected chi connectivity index (χ2v) is 5.56. The highest BCUT2D eigenvalue weighted by atomic mass is 16.1. The van der Waals surface area contributed by atoms with E-state index in [4.69, 9.17) is 0 Å². The molecule has 0 aromatic rings. The maximum Gasteiger partial charge on any atom is 0.181 e. The molecule has 0 aromatic carbocycles. The third-order valence-electron chi connectivity index (χ3n) is 3.76. The molecule has 0 amide bonds. The van der Waals surface area contributed by atoms with Gasteiger partial charge in [0.1, 0.15) is 0 Å². The van der Waals surface area contributed by atoms with Gasteiger partial charge >= 0.3 is 0 Å². The monoisotopic (exact) mass is 220 g/mol. The quantitative estimate of drug-likeness (QED) is 0.648. The summed E-state index contributed by atoms with van der Waals surface area (Å²) in [5, 5.41) is 0. The van der Waals surface area contributed by atoms with Crippen LogP contribution in [0.25, 0.3) is 0 Å². The first-order valence-corrected chi connectivity index (χ1v) is 6.32. The van der Waals surface area contributed by atoms with Crippen LogP contribution in [-0.4, -0.2) is 5.78 Å². The minimum atomic E-state index is 0.0474. The fraction of sp³-hybridized carbons (Fsp3) is 0.667. The maximum absolute atomic E-state index is 12.2. The lowest BCUT2D eigenvalue weighted by molar-refractivity contribution is -0.112. The van der Waals surface area contributed by atoms with E-state index in [9.17, 15) is 4.79 Å². The molecule has 0 radical (unpaired) electrons. The van der Waals surface area contributed by atoms with Gasteiger partial charge in [0.15, 0.2) is 5.78 Å². The summed E-state index contributed by atoms with van der Waals surface area (Å²) < 4.78 is 0. The maximum atomic E-state index is 12.2. The molecule has 0 spiro atoms. The summed E-state index contributed by atoms with van der Waals surface area (Å²) in [5.74, 6) is 0.776. The minimum absolute atomic E-state index is 0.0474. The zero-order valence-corrected chi connectivity index (χ0v) is 11.3. The fourth-order valence-corrected chi connectivity index (χ4v) is 2.54. The third-order valence-corrected chi connectivity index (χ3v) is 3.76. The Hall–Kier alpha value is -0.850. The van der Waals surface area contributed by atoms with Crippen molar-refractivity contribution < 1.29 is 4.79 Å². The van der Waals surface area contributed by atoms with Crippen LogP contribution < -0.4 is 0 Å². The molecule has 0 saturated carbocycles. The van der Waals surface area contributed by atoms with E-state index >= 15 is 0 Å². The predicted molar refractivity (Wildman–Crippen MR) is 69.3 cm³/mol. The summed E-state index contributed by atoms with van der Waals surface area (Å²) in [6.07, 6.45) is 6.95. The highest BCUT2D eigenvalue weighted by Crippen LogP contribution is 2.43. The molecule has 1 rings (SSSR count). The average molecular weight is 220 g/mol. The van der Waals surface area contributed by atoms with Crippen molar-refractivity contribution in [3.63, 3.8) is 0 Å². The van der Waals surface area contributed by atoms with E-state index < -0.39 is 0 Å². The standard InChI is InChI=1S/C15H24O/c1-6-7-8-13(16)14-12(3)11(2)9-10-15(14,4)5/h7-8,11H,6,9-10H2,1-5H3/b8-7+/t11-/m1/s1. The Balaban J connectivity index is 3.09. The first kappa shape index (κ1) is 13.2. The van der Waals surface area contributed by atoms with Crippen molar-refractivity contribution in [3.05, 3.63) is 23.3 Å². The molecule has 1 atom stereocenters. The molecule has 90 valence electrons. The summed E-state index contributed by atoms with van der Waals surface area (Å²) in [4.78, 5) is 12.2. The van der Waals surface area contributed by atoms with Crippen molar-refractivity contribution in [3.8, 4) is 0 Å². The number of allylic oxidation sites excluding steroid dienone is 4. The van der Waals surface area contributed by atoms with Gasteiger partial charge < -0.3 is 0 Å². The van der Waals surface area contributed by atoms with Crippen molar-refractivity contribution in [2.75, 3.05) is 0 Å². The summed E-state index contributed by atoms with van der Waals surface area (Å²) >= 11 is 0. The summed E-state index contributed by atoms with van der Waals surface area (Å²) in [6.45, 7) is 10.8. The highest BCUT2D eigenvalue weighted by Gasteiger charge is 2.34. The molecule has 0 fully saturated rings. The molecule has 0 saturated heterocycles. The van der Waals surface area contributed by atoms with Crippen molar-refractivity contribution in [2.45, 2.75) is 53.9 Å². The Kier molecular flexibility index (Phi) is 4.12. The second-order valence-electron chi connectivity index (χ2n) is 5.56. The first-order chi connectivity index (χ1) is 7.40. The highest BCUT2D eigenvalue weighted by molar-refractivity contribution is 6.05. The summed E-state index contributed by atoms with van der Waals surface area (Å²) in [6, 6.07) is 0. The van der Waals surface area contributed by atoms with Gasteiger partial charge in [-0.2, -0.15) is 0 Å². The number of carbonyl (C=O) groups is 1. The SMILES string of the molecule is CC/C=C/C(=O)C1=C(C)[C@H](C)CCC1(C)C. The van der Waals surface area contributed by atoms with Crippen LogP contribution in [0.4, 0.5) is 0 Å². The first-order valence-electron chi connectivity index (χ1n) is 6.32. The number of rotatable bonds is 3. The molecule has 1 aliphatic carbocycles. The van der Waals surface area contributed by atoms with Crippen LogP contribution in [0, 0.1) is 11.3 Å². The largest absolute Gasteiger partial charge is 0.290 e. The molecular formula is C15H24O. The minimum Gasteiger partial charge on any atom is -0.290 e. The van der Waals surface area contributed by atoms with Gasteiger partial charge in [0.25, 0.3) is 0 Å². The van der Waals surface area contributed by atoms with Gasteiger partial charge in [0, 0.05) is 5.57 Å². The van der Waals surface area contributed by atoms with E-state index in [1.54, 1.807) is 6.08 Å². The molecule has 16 heavy (non-hydrogen) atoms. The van der Waals surface area contributed by atoms with Gasteiger partial charge in [-0.25, -0.2) is 0 Å². The van der Waals surface area contributed by atoms with E-state index in [1.807, 2.05) is 6.08 Å². The average Bonchev–Trinajstić information content (AvgIpc) is 2.21. The van der Waals surface area contributed by atoms with E-state index in [1.165, 1.54) is 12.0 Å². The van der Waals surface area contributed by atoms with Gasteiger partial charge in [0.2, 0.25) is 0 Å². The Morgan fingerprint density at radius 1 is 1.50 bits per heavy atom. The number of hydrogen-bond donors (Lipinski definition) is 0. The topological polar surface area (TPSA) is 17.1 Å². The fourth-order valence-electron chi connectivity index (χ4n) is 2.54. The van der Waals surface area contributed by atoms with Crippen LogP contribution in [0.2, 0.25) is 0 Å². The van der Waals surface area contributed by atoms with Crippen molar-refractivity contribution in [1.29, 1.82) is 0 Å². The Morgan fingerprint density at radius 2 is 2.12 bits per heavy atom. The second kappa shape index (κ2) is 4.99. The molecule has 0 bridgehead atoms.